The highest BCUT2D eigenvalue weighted by molar-refractivity contribution is 6.30. The zero-order valence-corrected chi connectivity index (χ0v) is 8.64. The second kappa shape index (κ2) is 5.32. The summed E-state index contributed by atoms with van der Waals surface area (Å²) in [5, 5.41) is 0.0493. The van der Waals surface area contributed by atoms with Crippen LogP contribution in [0.5, 0.6) is 0 Å². The monoisotopic (exact) mass is 227 g/mol. The Morgan fingerprint density at radius 2 is 2.47 bits per heavy atom. The molecule has 0 spiro atoms. The molecular weight excluding hydrogens is 221 g/mol. The molecule has 1 heterocycles. The van der Waals surface area contributed by atoms with Gasteiger partial charge in [-0.2, -0.15) is 0 Å². The molecule has 0 saturated heterocycles. The molecule has 0 saturated carbocycles. The van der Waals surface area contributed by atoms with Crippen molar-refractivity contribution in [2.24, 2.45) is 0 Å². The lowest BCUT2D eigenvalue weighted by atomic mass is 10.3. The highest BCUT2D eigenvalue weighted by Crippen LogP contribution is 2.11. The molecule has 3 nitrogen and oxygen atoms in total. The first kappa shape index (κ1) is 11.5. The van der Waals surface area contributed by atoms with Crippen LogP contribution in [-0.2, 0) is 9.53 Å². The van der Waals surface area contributed by atoms with E-state index in [-0.39, 0.29) is 17.3 Å². The molecule has 0 aliphatic carbocycles. The molecule has 0 aliphatic rings. The number of hydrogen-bond acceptors (Lipinski definition) is 3. The van der Waals surface area contributed by atoms with Crippen molar-refractivity contribution < 1.29 is 13.9 Å². The van der Waals surface area contributed by atoms with Crippen molar-refractivity contribution >= 4 is 17.6 Å². The fourth-order valence-corrected chi connectivity index (χ4v) is 0.946. The Balaban J connectivity index is 2.88. The van der Waals surface area contributed by atoms with Crippen LogP contribution < -0.4 is 0 Å². The van der Waals surface area contributed by atoms with Gasteiger partial charge in [0.05, 0.1) is 18.4 Å². The Kier molecular flexibility index (Phi) is 4.07. The van der Waals surface area contributed by atoms with Crippen LogP contribution in [0.4, 0.5) is 4.39 Å². The van der Waals surface area contributed by atoms with Gasteiger partial charge in [-0.1, -0.05) is 17.5 Å². The van der Waals surface area contributed by atoms with E-state index in [2.05, 4.69) is 21.6 Å². The van der Waals surface area contributed by atoms with E-state index in [0.717, 1.165) is 12.3 Å². The Bertz CT molecular complexity index is 437. The van der Waals surface area contributed by atoms with Crippen molar-refractivity contribution in [3.63, 3.8) is 0 Å². The van der Waals surface area contributed by atoms with E-state index >= 15 is 0 Å². The Morgan fingerprint density at radius 1 is 1.73 bits per heavy atom. The average Bonchev–Trinajstić information content (AvgIpc) is 2.20. The second-order valence-corrected chi connectivity index (χ2v) is 2.82. The maximum absolute atomic E-state index is 12.7. The highest BCUT2D eigenvalue weighted by atomic mass is 35.5. The molecule has 15 heavy (non-hydrogen) atoms. The van der Waals surface area contributed by atoms with Gasteiger partial charge in [0.1, 0.15) is 11.0 Å². The summed E-state index contributed by atoms with van der Waals surface area (Å²) in [5.74, 6) is 3.30. The molecule has 1 aromatic heterocycles. The predicted octanol–water partition coefficient (Wildman–Crippen LogP) is 1.79. The van der Waals surface area contributed by atoms with Gasteiger partial charge in [-0.15, -0.1) is 0 Å². The van der Waals surface area contributed by atoms with E-state index in [0.29, 0.717) is 0 Å². The minimum absolute atomic E-state index is 0.0493. The molecule has 0 amide bonds. The molecule has 0 fully saturated rings. The third kappa shape index (κ3) is 3.56. The van der Waals surface area contributed by atoms with Gasteiger partial charge in [0.25, 0.3) is 0 Å². The van der Waals surface area contributed by atoms with E-state index in [9.17, 15) is 9.18 Å². The lowest BCUT2D eigenvalue weighted by Crippen LogP contribution is -1.99. The van der Waals surface area contributed by atoms with Crippen molar-refractivity contribution in [1.29, 1.82) is 0 Å². The Hall–Kier alpha value is -1.60. The van der Waals surface area contributed by atoms with Crippen molar-refractivity contribution in [3.8, 4) is 11.8 Å². The van der Waals surface area contributed by atoms with E-state index in [1.54, 1.807) is 6.92 Å². The van der Waals surface area contributed by atoms with Gasteiger partial charge in [0, 0.05) is 5.92 Å². The van der Waals surface area contributed by atoms with Crippen molar-refractivity contribution in [2.75, 3.05) is 6.61 Å². The molecule has 0 aromatic carbocycles. The summed E-state index contributed by atoms with van der Waals surface area (Å²) < 4.78 is 17.3. The van der Waals surface area contributed by atoms with Crippen molar-refractivity contribution in [1.82, 2.24) is 4.98 Å². The number of carbonyl (C=O) groups excluding carboxylic acids is 1. The van der Waals surface area contributed by atoms with Crippen LogP contribution in [0.2, 0.25) is 5.15 Å². The topological polar surface area (TPSA) is 39.2 Å². The number of rotatable bonds is 1. The molecule has 0 atom stereocenters. The number of pyridine rings is 1. The molecule has 78 valence electrons. The maximum Gasteiger partial charge on any atom is 0.384 e. The first-order valence-corrected chi connectivity index (χ1v) is 4.51. The Morgan fingerprint density at radius 3 is 3.13 bits per heavy atom. The number of hydrogen-bond donors (Lipinski definition) is 0. The molecule has 5 heteroatoms. The summed E-state index contributed by atoms with van der Waals surface area (Å²) in [6.45, 7) is 1.90. The minimum atomic E-state index is -0.683. The largest absolute Gasteiger partial charge is 0.456 e. The van der Waals surface area contributed by atoms with Gasteiger partial charge >= 0.3 is 5.97 Å². The fourth-order valence-electron chi connectivity index (χ4n) is 0.796. The number of nitrogens with zero attached hydrogens (tertiary/aromatic N) is 1. The van der Waals surface area contributed by atoms with Gasteiger partial charge < -0.3 is 4.74 Å². The molecular formula is C10H7ClFNO2. The van der Waals surface area contributed by atoms with Crippen LogP contribution >= 0.6 is 11.6 Å². The summed E-state index contributed by atoms with van der Waals surface area (Å²) in [7, 11) is 0. The molecule has 0 aliphatic heterocycles. The van der Waals surface area contributed by atoms with Crippen molar-refractivity contribution in [2.45, 2.75) is 6.92 Å². The molecule has 0 radical (unpaired) electrons. The summed E-state index contributed by atoms with van der Waals surface area (Å²) in [6.07, 6.45) is 0.970. The van der Waals surface area contributed by atoms with Crippen LogP contribution in [-0.4, -0.2) is 17.6 Å². The third-order valence-electron chi connectivity index (χ3n) is 1.38. The molecule has 1 aromatic rings. The normalized spacial score (nSPS) is 9.00. The Labute approximate surface area is 91.2 Å². The zero-order valence-electron chi connectivity index (χ0n) is 7.88. The smallest absolute Gasteiger partial charge is 0.384 e. The minimum Gasteiger partial charge on any atom is -0.456 e. The number of halogens is 2. The second-order valence-electron chi connectivity index (χ2n) is 2.46. The lowest BCUT2D eigenvalue weighted by molar-refractivity contribution is -0.136. The third-order valence-corrected chi connectivity index (χ3v) is 1.68. The van der Waals surface area contributed by atoms with Gasteiger partial charge in [-0.3, -0.25) is 0 Å². The predicted molar refractivity (Wildman–Crippen MR) is 52.7 cm³/mol. The van der Waals surface area contributed by atoms with Crippen LogP contribution in [0.25, 0.3) is 0 Å². The average molecular weight is 228 g/mol. The molecule has 0 unspecified atom stereocenters. The quantitative estimate of drug-likeness (QED) is 0.417. The fraction of sp³-hybridized carbons (Fsp3) is 0.200. The number of esters is 1. The molecule has 0 bridgehead atoms. The van der Waals surface area contributed by atoms with Crippen molar-refractivity contribution in [3.05, 3.63) is 28.8 Å². The van der Waals surface area contributed by atoms with Gasteiger partial charge in [0.15, 0.2) is 0 Å². The van der Waals surface area contributed by atoms with E-state index in [4.69, 9.17) is 11.6 Å². The lowest BCUT2D eigenvalue weighted by Gasteiger charge is -1.94. The van der Waals surface area contributed by atoms with E-state index < -0.39 is 11.8 Å². The van der Waals surface area contributed by atoms with Crippen LogP contribution in [0.15, 0.2) is 12.3 Å². The van der Waals surface area contributed by atoms with Gasteiger partial charge in [0.2, 0.25) is 0 Å². The molecule has 1 rings (SSSR count). The first-order chi connectivity index (χ1) is 7.13. The van der Waals surface area contributed by atoms with E-state index in [1.165, 1.54) is 0 Å². The van der Waals surface area contributed by atoms with Crippen LogP contribution in [0, 0.1) is 17.7 Å². The summed E-state index contributed by atoms with van der Waals surface area (Å²) in [6, 6.07) is 1.10. The summed E-state index contributed by atoms with van der Waals surface area (Å²) in [5.41, 5.74) is 0.157. The van der Waals surface area contributed by atoms with Crippen LogP contribution in [0.1, 0.15) is 12.5 Å². The number of ether oxygens (including phenoxy) is 1. The van der Waals surface area contributed by atoms with Crippen LogP contribution in [0.3, 0.4) is 0 Å². The highest BCUT2D eigenvalue weighted by Gasteiger charge is 2.01. The molecule has 0 N–H and O–H groups in total. The zero-order chi connectivity index (χ0) is 11.3. The number of carbonyl (C=O) groups is 1. The maximum atomic E-state index is 12.7. The SMILES string of the molecule is CCOC(=O)C#Cc1cc(F)cnc1Cl. The number of aromatic nitrogens is 1. The summed E-state index contributed by atoms with van der Waals surface area (Å²) >= 11 is 5.62. The van der Waals surface area contributed by atoms with E-state index in [1.807, 2.05) is 0 Å². The van der Waals surface area contributed by atoms with Gasteiger partial charge in [-0.05, 0) is 13.0 Å². The standard InChI is InChI=1S/C10H7ClFNO2/c1-2-15-9(14)4-3-7-5-8(12)6-13-10(7)11/h5-6H,2H2,1H3. The summed E-state index contributed by atoms with van der Waals surface area (Å²) in [4.78, 5) is 14.4. The first-order valence-electron chi connectivity index (χ1n) is 4.13. The van der Waals surface area contributed by atoms with Gasteiger partial charge in [-0.25, -0.2) is 14.2 Å².